The summed E-state index contributed by atoms with van der Waals surface area (Å²) in [7, 11) is 0. The van der Waals surface area contributed by atoms with Gasteiger partial charge in [0.25, 0.3) is 0 Å². The lowest BCUT2D eigenvalue weighted by atomic mass is 10.1. The smallest absolute Gasteiger partial charge is 0.227 e. The van der Waals surface area contributed by atoms with E-state index in [1.807, 2.05) is 12.1 Å². The highest BCUT2D eigenvalue weighted by Crippen LogP contribution is 2.35. The standard InChI is InChI=1S/C18H22N2O5/c21-17-8-12(18(22)19-10-14-2-1-5-23-14)11-20(17)13-3-4-15-16(9-13)25-7-6-24-15/h3-4,9,12,14H,1-2,5-8,10-11H2,(H,19,22)/t12-,14-/m0/s1. The number of nitrogens with zero attached hydrogens (tertiary/aromatic N) is 1. The van der Waals surface area contributed by atoms with E-state index in [-0.39, 0.29) is 30.3 Å². The van der Waals surface area contributed by atoms with Crippen molar-refractivity contribution < 1.29 is 23.8 Å². The van der Waals surface area contributed by atoms with Gasteiger partial charge in [-0.25, -0.2) is 0 Å². The van der Waals surface area contributed by atoms with Crippen molar-refractivity contribution in [2.24, 2.45) is 5.92 Å². The van der Waals surface area contributed by atoms with Gasteiger partial charge < -0.3 is 24.4 Å². The van der Waals surface area contributed by atoms with E-state index in [9.17, 15) is 9.59 Å². The van der Waals surface area contributed by atoms with Crippen LogP contribution in [0, 0.1) is 5.92 Å². The number of nitrogens with one attached hydrogen (secondary N) is 1. The fraction of sp³-hybridized carbons (Fsp3) is 0.556. The van der Waals surface area contributed by atoms with Gasteiger partial charge in [0, 0.05) is 37.9 Å². The number of benzene rings is 1. The zero-order chi connectivity index (χ0) is 17.2. The van der Waals surface area contributed by atoms with E-state index >= 15 is 0 Å². The van der Waals surface area contributed by atoms with Gasteiger partial charge in [-0.3, -0.25) is 9.59 Å². The quantitative estimate of drug-likeness (QED) is 0.884. The molecule has 2 fully saturated rings. The molecule has 25 heavy (non-hydrogen) atoms. The lowest BCUT2D eigenvalue weighted by Gasteiger charge is -2.22. The molecule has 1 aromatic rings. The molecule has 7 heteroatoms. The van der Waals surface area contributed by atoms with E-state index in [1.165, 1.54) is 0 Å². The molecule has 134 valence electrons. The van der Waals surface area contributed by atoms with Crippen LogP contribution >= 0.6 is 0 Å². The van der Waals surface area contributed by atoms with E-state index in [4.69, 9.17) is 14.2 Å². The number of amides is 2. The van der Waals surface area contributed by atoms with Gasteiger partial charge in [-0.1, -0.05) is 0 Å². The summed E-state index contributed by atoms with van der Waals surface area (Å²) in [6, 6.07) is 5.44. The molecule has 0 spiro atoms. The van der Waals surface area contributed by atoms with Gasteiger partial charge in [-0.15, -0.1) is 0 Å². The second kappa shape index (κ2) is 6.92. The van der Waals surface area contributed by atoms with Crippen LogP contribution in [0.25, 0.3) is 0 Å². The fourth-order valence-electron chi connectivity index (χ4n) is 3.50. The highest BCUT2D eigenvalue weighted by Gasteiger charge is 2.35. The topological polar surface area (TPSA) is 77.1 Å². The number of fused-ring (bicyclic) bond motifs is 1. The Morgan fingerprint density at radius 3 is 2.84 bits per heavy atom. The number of carbonyl (C=O) groups excluding carboxylic acids is 2. The number of ether oxygens (including phenoxy) is 3. The molecule has 3 heterocycles. The zero-order valence-corrected chi connectivity index (χ0v) is 14.0. The maximum atomic E-state index is 12.4. The Bertz CT molecular complexity index is 671. The molecule has 0 radical (unpaired) electrons. The normalized spacial score (nSPS) is 25.3. The molecule has 0 aliphatic carbocycles. The molecule has 7 nitrogen and oxygen atoms in total. The monoisotopic (exact) mass is 346 g/mol. The number of anilines is 1. The van der Waals surface area contributed by atoms with Crippen LogP contribution < -0.4 is 19.7 Å². The highest BCUT2D eigenvalue weighted by atomic mass is 16.6. The van der Waals surface area contributed by atoms with Crippen LogP contribution in [-0.4, -0.2) is 50.8 Å². The molecule has 0 saturated carbocycles. The minimum atomic E-state index is -0.331. The first-order valence-corrected chi connectivity index (χ1v) is 8.80. The molecule has 3 aliphatic heterocycles. The summed E-state index contributed by atoms with van der Waals surface area (Å²) in [4.78, 5) is 26.4. The van der Waals surface area contributed by atoms with Crippen molar-refractivity contribution in [1.29, 1.82) is 0 Å². The second-order valence-corrected chi connectivity index (χ2v) is 6.61. The minimum Gasteiger partial charge on any atom is -0.486 e. The lowest BCUT2D eigenvalue weighted by molar-refractivity contribution is -0.126. The SMILES string of the molecule is O=C(NC[C@@H]1CCCO1)[C@H]1CC(=O)N(c2ccc3c(c2)OCCO3)C1. The third-order valence-corrected chi connectivity index (χ3v) is 4.86. The minimum absolute atomic E-state index is 0.0473. The van der Waals surface area contributed by atoms with Crippen molar-refractivity contribution in [3.63, 3.8) is 0 Å². The first-order chi connectivity index (χ1) is 12.2. The summed E-state index contributed by atoms with van der Waals surface area (Å²) in [5, 5.41) is 2.92. The molecular weight excluding hydrogens is 324 g/mol. The third kappa shape index (κ3) is 3.42. The van der Waals surface area contributed by atoms with Crippen LogP contribution in [0.15, 0.2) is 18.2 Å². The Morgan fingerprint density at radius 1 is 1.20 bits per heavy atom. The summed E-state index contributed by atoms with van der Waals surface area (Å²) in [6.45, 7) is 2.70. The van der Waals surface area contributed by atoms with Crippen LogP contribution in [0.3, 0.4) is 0 Å². The summed E-state index contributed by atoms with van der Waals surface area (Å²) >= 11 is 0. The van der Waals surface area contributed by atoms with Crippen molar-refractivity contribution in [3.8, 4) is 11.5 Å². The summed E-state index contributed by atoms with van der Waals surface area (Å²) < 4.78 is 16.6. The Balaban J connectivity index is 1.39. The van der Waals surface area contributed by atoms with Gasteiger partial charge in [0.05, 0.1) is 12.0 Å². The van der Waals surface area contributed by atoms with Crippen molar-refractivity contribution >= 4 is 17.5 Å². The zero-order valence-electron chi connectivity index (χ0n) is 14.0. The van der Waals surface area contributed by atoms with Gasteiger partial charge in [0.2, 0.25) is 11.8 Å². The summed E-state index contributed by atoms with van der Waals surface area (Å²) in [5.74, 6) is 0.871. The highest BCUT2D eigenvalue weighted by molar-refractivity contribution is 6.00. The predicted molar refractivity (Wildman–Crippen MR) is 89.9 cm³/mol. The Hall–Kier alpha value is -2.28. The van der Waals surface area contributed by atoms with E-state index < -0.39 is 0 Å². The maximum absolute atomic E-state index is 12.4. The molecule has 2 amide bonds. The largest absolute Gasteiger partial charge is 0.486 e. The van der Waals surface area contributed by atoms with Gasteiger partial charge in [0.1, 0.15) is 13.2 Å². The van der Waals surface area contributed by atoms with E-state index in [2.05, 4.69) is 5.32 Å². The van der Waals surface area contributed by atoms with Crippen LogP contribution in [0.2, 0.25) is 0 Å². The van der Waals surface area contributed by atoms with Crippen molar-refractivity contribution in [2.45, 2.75) is 25.4 Å². The van der Waals surface area contributed by atoms with Crippen LogP contribution in [0.1, 0.15) is 19.3 Å². The Morgan fingerprint density at radius 2 is 2.04 bits per heavy atom. The van der Waals surface area contributed by atoms with Crippen LogP contribution in [0.4, 0.5) is 5.69 Å². The van der Waals surface area contributed by atoms with Crippen molar-refractivity contribution in [3.05, 3.63) is 18.2 Å². The Labute approximate surface area is 146 Å². The molecule has 3 aliphatic rings. The predicted octanol–water partition coefficient (Wildman–Crippen LogP) is 1.11. The van der Waals surface area contributed by atoms with Crippen LogP contribution in [0.5, 0.6) is 11.5 Å². The van der Waals surface area contributed by atoms with E-state index in [0.717, 1.165) is 25.1 Å². The second-order valence-electron chi connectivity index (χ2n) is 6.61. The molecule has 0 bridgehead atoms. The van der Waals surface area contributed by atoms with Crippen molar-refractivity contribution in [1.82, 2.24) is 5.32 Å². The molecule has 0 aromatic heterocycles. The molecule has 1 N–H and O–H groups in total. The number of hydrogen-bond acceptors (Lipinski definition) is 5. The lowest BCUT2D eigenvalue weighted by Crippen LogP contribution is -2.37. The van der Waals surface area contributed by atoms with Crippen molar-refractivity contribution in [2.75, 3.05) is 37.8 Å². The maximum Gasteiger partial charge on any atom is 0.227 e. The summed E-state index contributed by atoms with van der Waals surface area (Å²) in [6.07, 6.45) is 2.36. The fourth-order valence-corrected chi connectivity index (χ4v) is 3.50. The van der Waals surface area contributed by atoms with E-state index in [1.54, 1.807) is 11.0 Å². The number of carbonyl (C=O) groups is 2. The first-order valence-electron chi connectivity index (χ1n) is 8.80. The van der Waals surface area contributed by atoms with Gasteiger partial charge in [0.15, 0.2) is 11.5 Å². The summed E-state index contributed by atoms with van der Waals surface area (Å²) in [5.41, 5.74) is 0.740. The van der Waals surface area contributed by atoms with Gasteiger partial charge in [-0.2, -0.15) is 0 Å². The average Bonchev–Trinajstić information content (AvgIpc) is 3.29. The molecule has 0 unspecified atom stereocenters. The van der Waals surface area contributed by atoms with Crippen LogP contribution in [-0.2, 0) is 14.3 Å². The molecule has 2 saturated heterocycles. The average molecular weight is 346 g/mol. The Kier molecular flexibility index (Phi) is 4.48. The molecule has 4 rings (SSSR count). The van der Waals surface area contributed by atoms with Gasteiger partial charge >= 0.3 is 0 Å². The number of hydrogen-bond donors (Lipinski definition) is 1. The first kappa shape index (κ1) is 16.2. The van der Waals surface area contributed by atoms with Gasteiger partial charge in [-0.05, 0) is 25.0 Å². The molecule has 1 aromatic carbocycles. The third-order valence-electron chi connectivity index (χ3n) is 4.86. The van der Waals surface area contributed by atoms with E-state index in [0.29, 0.717) is 37.8 Å². The number of rotatable bonds is 4. The molecular formula is C18H22N2O5. The molecule has 2 atom stereocenters.